The highest BCUT2D eigenvalue weighted by Gasteiger charge is 2.16. The van der Waals surface area contributed by atoms with Crippen LogP contribution in [-0.2, 0) is 0 Å². The van der Waals surface area contributed by atoms with Crippen molar-refractivity contribution in [1.82, 2.24) is 5.43 Å². The van der Waals surface area contributed by atoms with Crippen LogP contribution in [0.4, 0.5) is 4.39 Å². The summed E-state index contributed by atoms with van der Waals surface area (Å²) in [5, 5.41) is 4.19. The number of rotatable bonds is 2. The number of carbonyl (C=O) groups is 1. The maximum Gasteiger partial charge on any atom is 0.271 e. The molecule has 1 aliphatic rings. The van der Waals surface area contributed by atoms with E-state index in [1.165, 1.54) is 30.7 Å². The lowest BCUT2D eigenvalue weighted by atomic mass is 9.89. The van der Waals surface area contributed by atoms with E-state index in [2.05, 4.69) is 17.5 Å². The second-order valence-electron chi connectivity index (χ2n) is 4.70. The quantitative estimate of drug-likeness (QED) is 0.803. The lowest BCUT2D eigenvalue weighted by Gasteiger charge is -2.19. The van der Waals surface area contributed by atoms with Crippen molar-refractivity contribution in [3.8, 4) is 0 Å². The van der Waals surface area contributed by atoms with Gasteiger partial charge in [0.1, 0.15) is 5.82 Å². The molecule has 0 spiro atoms. The fourth-order valence-corrected chi connectivity index (χ4v) is 2.12. The van der Waals surface area contributed by atoms with E-state index >= 15 is 0 Å². The molecule has 18 heavy (non-hydrogen) atoms. The van der Waals surface area contributed by atoms with Crippen molar-refractivity contribution in [3.63, 3.8) is 0 Å². The third-order valence-corrected chi connectivity index (χ3v) is 3.30. The molecule has 1 aromatic rings. The van der Waals surface area contributed by atoms with Crippen LogP contribution >= 0.6 is 0 Å². The average Bonchev–Trinajstić information content (AvgIpc) is 2.38. The first-order chi connectivity index (χ1) is 8.66. The Bertz CT molecular complexity index is 453. The van der Waals surface area contributed by atoms with Crippen molar-refractivity contribution < 1.29 is 9.18 Å². The molecule has 0 saturated heterocycles. The van der Waals surface area contributed by atoms with E-state index < -0.39 is 0 Å². The standard InChI is InChI=1S/C14H17FN2O/c1-10-4-2-3-5-13(10)16-17-14(18)11-6-8-12(15)9-7-11/h6-10H,2-5H2,1H3,(H,17,18). The average molecular weight is 248 g/mol. The Balaban J connectivity index is 1.99. The number of benzene rings is 1. The summed E-state index contributed by atoms with van der Waals surface area (Å²) in [6, 6.07) is 5.45. The number of halogens is 1. The number of amides is 1. The van der Waals surface area contributed by atoms with Crippen molar-refractivity contribution >= 4 is 11.6 Å². The molecule has 2 rings (SSSR count). The Kier molecular flexibility index (Phi) is 4.07. The molecule has 0 aliphatic heterocycles. The van der Waals surface area contributed by atoms with E-state index in [9.17, 15) is 9.18 Å². The van der Waals surface area contributed by atoms with Crippen LogP contribution in [0.2, 0.25) is 0 Å². The van der Waals surface area contributed by atoms with E-state index in [-0.39, 0.29) is 11.7 Å². The maximum absolute atomic E-state index is 12.7. The zero-order valence-electron chi connectivity index (χ0n) is 10.4. The van der Waals surface area contributed by atoms with Gasteiger partial charge < -0.3 is 0 Å². The summed E-state index contributed by atoms with van der Waals surface area (Å²) in [7, 11) is 0. The summed E-state index contributed by atoms with van der Waals surface area (Å²) in [5.74, 6) is -0.202. The Labute approximate surface area is 106 Å². The van der Waals surface area contributed by atoms with Gasteiger partial charge in [0.05, 0.1) is 0 Å². The first-order valence-electron chi connectivity index (χ1n) is 6.29. The molecule has 0 bridgehead atoms. The van der Waals surface area contributed by atoms with E-state index in [0.29, 0.717) is 11.5 Å². The third-order valence-electron chi connectivity index (χ3n) is 3.30. The lowest BCUT2D eigenvalue weighted by molar-refractivity contribution is 0.0954. The SMILES string of the molecule is CC1CCCCC1=NNC(=O)c1ccc(F)cc1. The zero-order valence-corrected chi connectivity index (χ0v) is 10.4. The molecule has 0 aromatic heterocycles. The second kappa shape index (κ2) is 5.76. The summed E-state index contributed by atoms with van der Waals surface area (Å²) >= 11 is 0. The van der Waals surface area contributed by atoms with Gasteiger partial charge in [0, 0.05) is 11.3 Å². The minimum atomic E-state index is -0.348. The summed E-state index contributed by atoms with van der Waals surface area (Å²) in [6.07, 6.45) is 4.44. The van der Waals surface area contributed by atoms with Crippen molar-refractivity contribution in [2.24, 2.45) is 11.0 Å². The van der Waals surface area contributed by atoms with Gasteiger partial charge in [-0.25, -0.2) is 9.82 Å². The molecule has 96 valence electrons. The molecule has 1 unspecified atom stereocenters. The van der Waals surface area contributed by atoms with Crippen LogP contribution in [0.5, 0.6) is 0 Å². The van der Waals surface area contributed by atoms with E-state index in [0.717, 1.165) is 25.0 Å². The minimum Gasteiger partial charge on any atom is -0.267 e. The molecule has 1 aliphatic carbocycles. The van der Waals surface area contributed by atoms with Gasteiger partial charge in [0.25, 0.3) is 5.91 Å². The van der Waals surface area contributed by atoms with E-state index in [1.54, 1.807) is 0 Å². The van der Waals surface area contributed by atoms with Crippen LogP contribution < -0.4 is 5.43 Å². The Morgan fingerprint density at radius 3 is 2.72 bits per heavy atom. The van der Waals surface area contributed by atoms with Gasteiger partial charge in [0.2, 0.25) is 0 Å². The van der Waals surface area contributed by atoms with Gasteiger partial charge in [-0.15, -0.1) is 0 Å². The molecule has 3 nitrogen and oxygen atoms in total. The van der Waals surface area contributed by atoms with Crippen molar-refractivity contribution in [3.05, 3.63) is 35.6 Å². The van der Waals surface area contributed by atoms with Gasteiger partial charge in [-0.05, 0) is 49.4 Å². The molecule has 1 saturated carbocycles. The lowest BCUT2D eigenvalue weighted by Crippen LogP contribution is -2.24. The van der Waals surface area contributed by atoms with Gasteiger partial charge in [0.15, 0.2) is 0 Å². The predicted molar refractivity (Wildman–Crippen MR) is 68.9 cm³/mol. The highest BCUT2D eigenvalue weighted by Crippen LogP contribution is 2.20. The highest BCUT2D eigenvalue weighted by molar-refractivity contribution is 5.95. The number of hydrazone groups is 1. The second-order valence-corrected chi connectivity index (χ2v) is 4.70. The number of hydrogen-bond acceptors (Lipinski definition) is 2. The maximum atomic E-state index is 12.7. The first kappa shape index (κ1) is 12.7. The third kappa shape index (κ3) is 3.15. The highest BCUT2D eigenvalue weighted by atomic mass is 19.1. The minimum absolute atomic E-state index is 0.291. The number of hydrogen-bond donors (Lipinski definition) is 1. The number of nitrogens with one attached hydrogen (secondary N) is 1. The molecule has 4 heteroatoms. The van der Waals surface area contributed by atoms with Crippen molar-refractivity contribution in [2.45, 2.75) is 32.6 Å². The van der Waals surface area contributed by atoms with Gasteiger partial charge in [-0.1, -0.05) is 13.3 Å². The largest absolute Gasteiger partial charge is 0.271 e. The van der Waals surface area contributed by atoms with Crippen LogP contribution in [0.15, 0.2) is 29.4 Å². The fourth-order valence-electron chi connectivity index (χ4n) is 2.12. The van der Waals surface area contributed by atoms with Crippen LogP contribution in [0.1, 0.15) is 43.0 Å². The van der Waals surface area contributed by atoms with Crippen LogP contribution in [0.25, 0.3) is 0 Å². The molecule has 1 fully saturated rings. The monoisotopic (exact) mass is 248 g/mol. The summed E-state index contributed by atoms with van der Waals surface area (Å²) in [5.41, 5.74) is 4.02. The molecule has 0 heterocycles. The Morgan fingerprint density at radius 2 is 2.06 bits per heavy atom. The molecule has 0 radical (unpaired) electrons. The van der Waals surface area contributed by atoms with E-state index in [1.807, 2.05) is 0 Å². The molecule has 1 atom stereocenters. The van der Waals surface area contributed by atoms with Crippen LogP contribution in [-0.4, -0.2) is 11.6 Å². The molecule has 1 N–H and O–H groups in total. The van der Waals surface area contributed by atoms with Crippen LogP contribution in [0, 0.1) is 11.7 Å². The van der Waals surface area contributed by atoms with Crippen molar-refractivity contribution in [2.75, 3.05) is 0 Å². The fraction of sp³-hybridized carbons (Fsp3) is 0.429. The topological polar surface area (TPSA) is 41.5 Å². The van der Waals surface area contributed by atoms with Gasteiger partial charge >= 0.3 is 0 Å². The smallest absolute Gasteiger partial charge is 0.267 e. The van der Waals surface area contributed by atoms with Crippen molar-refractivity contribution in [1.29, 1.82) is 0 Å². The Hall–Kier alpha value is -1.71. The first-order valence-corrected chi connectivity index (χ1v) is 6.29. The van der Waals surface area contributed by atoms with E-state index in [4.69, 9.17) is 0 Å². The Morgan fingerprint density at radius 1 is 1.33 bits per heavy atom. The summed E-state index contributed by atoms with van der Waals surface area (Å²) < 4.78 is 12.7. The zero-order chi connectivity index (χ0) is 13.0. The summed E-state index contributed by atoms with van der Waals surface area (Å²) in [6.45, 7) is 2.13. The normalized spacial score (nSPS) is 21.9. The van der Waals surface area contributed by atoms with Crippen LogP contribution in [0.3, 0.4) is 0 Å². The predicted octanol–water partition coefficient (Wildman–Crippen LogP) is 3.12. The molecule has 1 amide bonds. The molecular formula is C14H17FN2O. The number of carbonyl (C=O) groups excluding carboxylic acids is 1. The number of nitrogens with zero attached hydrogens (tertiary/aromatic N) is 1. The molecular weight excluding hydrogens is 231 g/mol. The molecule has 1 aromatic carbocycles. The van der Waals surface area contributed by atoms with Gasteiger partial charge in [-0.2, -0.15) is 5.10 Å². The van der Waals surface area contributed by atoms with Gasteiger partial charge in [-0.3, -0.25) is 4.79 Å². The summed E-state index contributed by atoms with van der Waals surface area (Å²) in [4.78, 5) is 11.8.